The summed E-state index contributed by atoms with van der Waals surface area (Å²) in [6.45, 7) is 3.15. The predicted octanol–water partition coefficient (Wildman–Crippen LogP) is 2.60. The van der Waals surface area contributed by atoms with Gasteiger partial charge in [-0.25, -0.2) is 8.42 Å². The van der Waals surface area contributed by atoms with Crippen molar-refractivity contribution in [3.8, 4) is 0 Å². The zero-order chi connectivity index (χ0) is 11.8. The Balaban J connectivity index is 2.25. The van der Waals surface area contributed by atoms with E-state index >= 15 is 0 Å². The Hall–Kier alpha value is 0.0900. The van der Waals surface area contributed by atoms with Crippen LogP contribution in [0.25, 0.3) is 0 Å². The fourth-order valence-corrected chi connectivity index (χ4v) is 5.62. The van der Waals surface area contributed by atoms with E-state index < -0.39 is 10.0 Å². The van der Waals surface area contributed by atoms with Crippen LogP contribution in [0.15, 0.2) is 16.3 Å². The molecule has 1 atom stereocenters. The first-order valence-electron chi connectivity index (χ1n) is 5.21. The molecule has 0 aliphatic carbocycles. The van der Waals surface area contributed by atoms with Gasteiger partial charge in [0.25, 0.3) is 10.0 Å². The van der Waals surface area contributed by atoms with Crippen molar-refractivity contribution in [1.29, 1.82) is 0 Å². The molecule has 0 amide bonds. The fourth-order valence-electron chi connectivity index (χ4n) is 1.79. The van der Waals surface area contributed by atoms with Crippen molar-refractivity contribution in [2.24, 2.45) is 0 Å². The Morgan fingerprint density at radius 3 is 2.81 bits per heavy atom. The third-order valence-corrected chi connectivity index (χ3v) is 6.72. The Morgan fingerprint density at radius 2 is 2.25 bits per heavy atom. The van der Waals surface area contributed by atoms with E-state index in [1.165, 1.54) is 11.3 Å². The molecule has 1 saturated heterocycles. The van der Waals surface area contributed by atoms with Crippen LogP contribution < -0.4 is 0 Å². The molecule has 1 fully saturated rings. The van der Waals surface area contributed by atoms with E-state index in [0.717, 1.165) is 17.7 Å². The molecular weight excluding hydrogens is 310 g/mol. The first-order valence-corrected chi connectivity index (χ1v) is 8.38. The van der Waals surface area contributed by atoms with Crippen LogP contribution in [0.1, 0.15) is 17.7 Å². The van der Waals surface area contributed by atoms with Gasteiger partial charge in [-0.05, 0) is 31.9 Å². The number of piperidine rings is 1. The topological polar surface area (TPSA) is 37.4 Å². The molecule has 0 spiro atoms. The van der Waals surface area contributed by atoms with Gasteiger partial charge in [0.1, 0.15) is 4.21 Å². The minimum absolute atomic E-state index is 0.289. The molecule has 3 nitrogen and oxygen atoms in total. The van der Waals surface area contributed by atoms with Crippen LogP contribution in [0.4, 0.5) is 0 Å². The quantitative estimate of drug-likeness (QED) is 0.784. The van der Waals surface area contributed by atoms with Gasteiger partial charge in [0, 0.05) is 22.8 Å². The SMILES string of the molecule is Cc1ccc(S(=O)(=O)N2CCCC(Br)C2)s1. The molecule has 0 aromatic carbocycles. The minimum atomic E-state index is -3.25. The number of rotatable bonds is 2. The van der Waals surface area contributed by atoms with E-state index in [9.17, 15) is 8.42 Å². The van der Waals surface area contributed by atoms with Crippen LogP contribution in [0, 0.1) is 6.92 Å². The van der Waals surface area contributed by atoms with Crippen LogP contribution in [-0.4, -0.2) is 30.6 Å². The summed E-state index contributed by atoms with van der Waals surface area (Å²) >= 11 is 4.84. The molecule has 1 aromatic rings. The number of sulfonamides is 1. The monoisotopic (exact) mass is 323 g/mol. The third-order valence-electron chi connectivity index (χ3n) is 2.64. The van der Waals surface area contributed by atoms with E-state index in [1.54, 1.807) is 10.4 Å². The van der Waals surface area contributed by atoms with Gasteiger partial charge in [0.15, 0.2) is 0 Å². The lowest BCUT2D eigenvalue weighted by Gasteiger charge is -2.28. The van der Waals surface area contributed by atoms with Gasteiger partial charge < -0.3 is 0 Å². The number of nitrogens with zero attached hydrogens (tertiary/aromatic N) is 1. The van der Waals surface area contributed by atoms with Crippen molar-refractivity contribution >= 4 is 37.3 Å². The summed E-state index contributed by atoms with van der Waals surface area (Å²) in [6, 6.07) is 3.56. The predicted molar refractivity (Wildman–Crippen MR) is 69.8 cm³/mol. The van der Waals surface area contributed by atoms with Crippen LogP contribution in [-0.2, 0) is 10.0 Å². The molecule has 0 bridgehead atoms. The molecule has 1 unspecified atom stereocenters. The molecule has 6 heteroatoms. The van der Waals surface area contributed by atoms with Crippen LogP contribution in [0.3, 0.4) is 0 Å². The summed E-state index contributed by atoms with van der Waals surface area (Å²) in [5.74, 6) is 0. The summed E-state index contributed by atoms with van der Waals surface area (Å²) in [4.78, 5) is 1.32. The molecule has 1 aliphatic heterocycles. The molecule has 2 rings (SSSR count). The molecule has 1 aliphatic rings. The highest BCUT2D eigenvalue weighted by atomic mass is 79.9. The standard InChI is InChI=1S/C10H14BrNO2S2/c1-8-4-5-10(15-8)16(13,14)12-6-2-3-9(11)7-12/h4-5,9H,2-3,6-7H2,1H3. The van der Waals surface area contributed by atoms with Gasteiger partial charge in [-0.2, -0.15) is 4.31 Å². The third kappa shape index (κ3) is 2.50. The number of thiophene rings is 1. The largest absolute Gasteiger partial charge is 0.252 e. The highest BCUT2D eigenvalue weighted by Gasteiger charge is 2.30. The second-order valence-corrected chi connectivity index (χ2v) is 8.72. The lowest BCUT2D eigenvalue weighted by Crippen LogP contribution is -2.39. The molecule has 1 aromatic heterocycles. The zero-order valence-electron chi connectivity index (χ0n) is 9.02. The van der Waals surface area contributed by atoms with E-state index in [1.807, 2.05) is 13.0 Å². The Bertz CT molecular complexity index is 469. The molecular formula is C10H14BrNO2S2. The Morgan fingerprint density at radius 1 is 1.50 bits per heavy atom. The maximum atomic E-state index is 12.3. The van der Waals surface area contributed by atoms with Crippen LogP contribution in [0.5, 0.6) is 0 Å². The summed E-state index contributed by atoms with van der Waals surface area (Å²) in [7, 11) is -3.25. The van der Waals surface area contributed by atoms with E-state index in [4.69, 9.17) is 0 Å². The van der Waals surface area contributed by atoms with Gasteiger partial charge in [-0.3, -0.25) is 0 Å². The molecule has 16 heavy (non-hydrogen) atoms. The number of hydrogen-bond donors (Lipinski definition) is 0. The molecule has 2 heterocycles. The van der Waals surface area contributed by atoms with Crippen molar-refractivity contribution in [3.63, 3.8) is 0 Å². The van der Waals surface area contributed by atoms with Gasteiger partial charge in [-0.15, -0.1) is 11.3 Å². The number of aryl methyl sites for hydroxylation is 1. The van der Waals surface area contributed by atoms with Crippen molar-refractivity contribution in [1.82, 2.24) is 4.31 Å². The summed E-state index contributed by atoms with van der Waals surface area (Å²) in [6.07, 6.45) is 1.98. The molecule has 0 N–H and O–H groups in total. The summed E-state index contributed by atoms with van der Waals surface area (Å²) in [5.41, 5.74) is 0. The van der Waals surface area contributed by atoms with E-state index in [0.29, 0.717) is 17.3 Å². The number of hydrogen-bond acceptors (Lipinski definition) is 3. The highest BCUT2D eigenvalue weighted by Crippen LogP contribution is 2.27. The maximum Gasteiger partial charge on any atom is 0.252 e. The van der Waals surface area contributed by atoms with Crippen LogP contribution >= 0.6 is 27.3 Å². The van der Waals surface area contributed by atoms with Gasteiger partial charge in [0.2, 0.25) is 0 Å². The highest BCUT2D eigenvalue weighted by molar-refractivity contribution is 9.09. The Labute approximate surface area is 109 Å². The average molecular weight is 324 g/mol. The smallest absolute Gasteiger partial charge is 0.206 e. The van der Waals surface area contributed by atoms with Crippen molar-refractivity contribution < 1.29 is 8.42 Å². The van der Waals surface area contributed by atoms with E-state index in [2.05, 4.69) is 15.9 Å². The second kappa shape index (κ2) is 4.76. The normalized spacial score (nSPS) is 23.5. The first-order chi connectivity index (χ1) is 7.50. The van der Waals surface area contributed by atoms with Crippen LogP contribution in [0.2, 0.25) is 0 Å². The zero-order valence-corrected chi connectivity index (χ0v) is 12.2. The summed E-state index contributed by atoms with van der Waals surface area (Å²) in [5, 5.41) is 0. The molecule has 0 saturated carbocycles. The van der Waals surface area contributed by atoms with Gasteiger partial charge in [0.05, 0.1) is 0 Å². The molecule has 0 radical (unpaired) electrons. The van der Waals surface area contributed by atoms with Crippen molar-refractivity contribution in [2.45, 2.75) is 28.8 Å². The molecule has 90 valence electrons. The number of alkyl halides is 1. The van der Waals surface area contributed by atoms with Gasteiger partial charge >= 0.3 is 0 Å². The fraction of sp³-hybridized carbons (Fsp3) is 0.600. The Kier molecular flexibility index (Phi) is 3.73. The summed E-state index contributed by atoms with van der Waals surface area (Å²) < 4.78 is 26.6. The number of halogens is 1. The average Bonchev–Trinajstić information content (AvgIpc) is 2.65. The lowest BCUT2D eigenvalue weighted by molar-refractivity contribution is 0.357. The first kappa shape index (κ1) is 12.5. The van der Waals surface area contributed by atoms with E-state index in [-0.39, 0.29) is 4.83 Å². The maximum absolute atomic E-state index is 12.3. The van der Waals surface area contributed by atoms with Gasteiger partial charge in [-0.1, -0.05) is 15.9 Å². The van der Waals surface area contributed by atoms with Crippen molar-refractivity contribution in [3.05, 3.63) is 17.0 Å². The van der Waals surface area contributed by atoms with Crippen molar-refractivity contribution in [2.75, 3.05) is 13.1 Å². The minimum Gasteiger partial charge on any atom is -0.206 e. The lowest BCUT2D eigenvalue weighted by atomic mass is 10.2. The second-order valence-electron chi connectivity index (χ2n) is 3.97.